The number of aromatic nitrogens is 2. The first-order chi connectivity index (χ1) is 12.8. The van der Waals surface area contributed by atoms with E-state index < -0.39 is 0 Å². The molecule has 0 bridgehead atoms. The van der Waals surface area contributed by atoms with Gasteiger partial charge in [0.05, 0.1) is 28.9 Å². The summed E-state index contributed by atoms with van der Waals surface area (Å²) in [7, 11) is 0. The molecule has 0 aliphatic carbocycles. The van der Waals surface area contributed by atoms with E-state index in [2.05, 4.69) is 4.98 Å². The van der Waals surface area contributed by atoms with E-state index in [0.717, 1.165) is 0 Å². The minimum Gasteiger partial charge on any atom is -0.372 e. The average Bonchev–Trinajstić information content (AvgIpc) is 2.58. The third-order valence-electron chi connectivity index (χ3n) is 4.44. The monoisotopic (exact) mass is 409 g/mol. The number of ether oxygens (including phenoxy) is 1. The third kappa shape index (κ3) is 4.47. The second kappa shape index (κ2) is 8.20. The molecular formula is C19H24ClN3O3S. The van der Waals surface area contributed by atoms with Crippen molar-refractivity contribution in [2.24, 2.45) is 0 Å². The van der Waals surface area contributed by atoms with Crippen LogP contribution in [-0.4, -0.2) is 51.4 Å². The lowest BCUT2D eigenvalue weighted by molar-refractivity contribution is -0.140. The molecule has 1 amide bonds. The van der Waals surface area contributed by atoms with Crippen LogP contribution < -0.4 is 5.56 Å². The van der Waals surface area contributed by atoms with Gasteiger partial charge in [-0.25, -0.2) is 4.98 Å². The van der Waals surface area contributed by atoms with Crippen LogP contribution in [0.5, 0.6) is 0 Å². The smallest absolute Gasteiger partial charge is 0.262 e. The highest BCUT2D eigenvalue weighted by Crippen LogP contribution is 2.23. The lowest BCUT2D eigenvalue weighted by Crippen LogP contribution is -2.48. The lowest BCUT2D eigenvalue weighted by Gasteiger charge is -2.35. The van der Waals surface area contributed by atoms with Gasteiger partial charge >= 0.3 is 0 Å². The Labute approximate surface area is 167 Å². The molecule has 1 aliphatic rings. The van der Waals surface area contributed by atoms with E-state index in [1.54, 1.807) is 22.8 Å². The maximum absolute atomic E-state index is 12.9. The van der Waals surface area contributed by atoms with Crippen molar-refractivity contribution in [2.45, 2.75) is 51.1 Å². The van der Waals surface area contributed by atoms with Gasteiger partial charge in [-0.3, -0.25) is 14.2 Å². The molecule has 2 aromatic rings. The van der Waals surface area contributed by atoms with Crippen LogP contribution in [0.4, 0.5) is 0 Å². The maximum atomic E-state index is 12.9. The SMILES string of the molecule is CC(C)n1c(SCC(=O)N2C[C@H](C)O[C@@H](C)C2)nc2cc(Cl)ccc2c1=O. The number of hydrogen-bond donors (Lipinski definition) is 0. The molecule has 3 rings (SSSR count). The van der Waals surface area contributed by atoms with Crippen molar-refractivity contribution in [3.8, 4) is 0 Å². The number of hydrogen-bond acceptors (Lipinski definition) is 5. The molecule has 6 nitrogen and oxygen atoms in total. The van der Waals surface area contributed by atoms with Crippen molar-refractivity contribution in [1.82, 2.24) is 14.5 Å². The van der Waals surface area contributed by atoms with Crippen LogP contribution in [0.15, 0.2) is 28.2 Å². The highest BCUT2D eigenvalue weighted by atomic mass is 35.5. The van der Waals surface area contributed by atoms with E-state index in [-0.39, 0.29) is 35.5 Å². The summed E-state index contributed by atoms with van der Waals surface area (Å²) in [5.41, 5.74) is 0.434. The quantitative estimate of drug-likeness (QED) is 0.572. The minimum atomic E-state index is -0.116. The zero-order valence-corrected chi connectivity index (χ0v) is 17.5. The molecule has 0 saturated carbocycles. The molecule has 146 valence electrons. The standard InChI is InChI=1S/C19H24ClN3O3S/c1-11(2)23-18(25)15-6-5-14(20)7-16(15)21-19(23)27-10-17(24)22-8-12(3)26-13(4)9-22/h5-7,11-13H,8-10H2,1-4H3/t12-,13-/m0/s1. The van der Waals surface area contributed by atoms with Crippen LogP contribution in [0.1, 0.15) is 33.7 Å². The van der Waals surface area contributed by atoms with Crippen molar-refractivity contribution in [3.05, 3.63) is 33.6 Å². The van der Waals surface area contributed by atoms with Gasteiger partial charge in [-0.05, 0) is 45.9 Å². The maximum Gasteiger partial charge on any atom is 0.262 e. The summed E-state index contributed by atoms with van der Waals surface area (Å²) >= 11 is 7.34. The van der Waals surface area contributed by atoms with Gasteiger partial charge in [0.15, 0.2) is 5.16 Å². The molecule has 0 unspecified atom stereocenters. The van der Waals surface area contributed by atoms with E-state index in [0.29, 0.717) is 34.2 Å². The Bertz CT molecular complexity index is 905. The topological polar surface area (TPSA) is 64.4 Å². The minimum absolute atomic E-state index is 0.0254. The van der Waals surface area contributed by atoms with Gasteiger partial charge in [-0.15, -0.1) is 0 Å². The fourth-order valence-electron chi connectivity index (χ4n) is 3.31. The van der Waals surface area contributed by atoms with Crippen molar-refractivity contribution >= 4 is 40.2 Å². The second-order valence-electron chi connectivity index (χ2n) is 7.17. The predicted molar refractivity (Wildman–Crippen MR) is 109 cm³/mol. The van der Waals surface area contributed by atoms with E-state index in [4.69, 9.17) is 16.3 Å². The molecule has 0 radical (unpaired) electrons. The molecule has 27 heavy (non-hydrogen) atoms. The number of carbonyl (C=O) groups is 1. The Morgan fingerprint density at radius 3 is 2.63 bits per heavy atom. The normalized spacial score (nSPS) is 20.4. The molecule has 0 N–H and O–H groups in total. The second-order valence-corrected chi connectivity index (χ2v) is 8.55. The molecule has 8 heteroatoms. The Morgan fingerprint density at radius 2 is 2.00 bits per heavy atom. The van der Waals surface area contributed by atoms with Crippen LogP contribution in [0.25, 0.3) is 10.9 Å². The molecular weight excluding hydrogens is 386 g/mol. The Balaban J connectivity index is 1.86. The summed E-state index contributed by atoms with van der Waals surface area (Å²) in [6.07, 6.45) is 0.0509. The fourth-order valence-corrected chi connectivity index (χ4v) is 4.51. The summed E-state index contributed by atoms with van der Waals surface area (Å²) in [4.78, 5) is 32.0. The van der Waals surface area contributed by atoms with Crippen molar-refractivity contribution in [1.29, 1.82) is 0 Å². The molecule has 2 heterocycles. The molecule has 1 saturated heterocycles. The third-order valence-corrected chi connectivity index (χ3v) is 5.62. The van der Waals surface area contributed by atoms with Crippen LogP contribution in [0.2, 0.25) is 5.02 Å². The van der Waals surface area contributed by atoms with Gasteiger partial charge < -0.3 is 9.64 Å². The van der Waals surface area contributed by atoms with Gasteiger partial charge in [0.1, 0.15) is 0 Å². The number of nitrogens with zero attached hydrogens (tertiary/aromatic N) is 3. The van der Waals surface area contributed by atoms with Gasteiger partial charge in [0, 0.05) is 24.2 Å². The van der Waals surface area contributed by atoms with E-state index in [1.807, 2.05) is 32.6 Å². The molecule has 1 aliphatic heterocycles. The zero-order valence-electron chi connectivity index (χ0n) is 15.9. The first-order valence-corrected chi connectivity index (χ1v) is 10.4. The molecule has 1 aromatic heterocycles. The van der Waals surface area contributed by atoms with E-state index >= 15 is 0 Å². The number of amides is 1. The highest BCUT2D eigenvalue weighted by Gasteiger charge is 2.26. The summed E-state index contributed by atoms with van der Waals surface area (Å²) in [5, 5.41) is 1.59. The van der Waals surface area contributed by atoms with Crippen molar-refractivity contribution in [2.75, 3.05) is 18.8 Å². The Hall–Kier alpha value is -1.57. The van der Waals surface area contributed by atoms with Crippen LogP contribution in [0.3, 0.4) is 0 Å². The first kappa shape index (κ1) is 20.2. The number of thioether (sulfide) groups is 1. The van der Waals surface area contributed by atoms with E-state index in [1.165, 1.54) is 11.8 Å². The van der Waals surface area contributed by atoms with Crippen LogP contribution in [-0.2, 0) is 9.53 Å². The number of rotatable bonds is 4. The highest BCUT2D eigenvalue weighted by molar-refractivity contribution is 7.99. The van der Waals surface area contributed by atoms with E-state index in [9.17, 15) is 9.59 Å². The molecule has 1 aromatic carbocycles. The zero-order chi connectivity index (χ0) is 19.7. The molecule has 2 atom stereocenters. The fraction of sp³-hybridized carbons (Fsp3) is 0.526. The largest absolute Gasteiger partial charge is 0.372 e. The van der Waals surface area contributed by atoms with Crippen molar-refractivity contribution < 1.29 is 9.53 Å². The predicted octanol–water partition coefficient (Wildman–Crippen LogP) is 3.36. The number of morpholine rings is 1. The summed E-state index contributed by atoms with van der Waals surface area (Å²) < 4.78 is 7.32. The Morgan fingerprint density at radius 1 is 1.33 bits per heavy atom. The van der Waals surface area contributed by atoms with Crippen molar-refractivity contribution in [3.63, 3.8) is 0 Å². The van der Waals surface area contributed by atoms with Gasteiger partial charge in [-0.1, -0.05) is 23.4 Å². The first-order valence-electron chi connectivity index (χ1n) is 9.04. The number of halogens is 1. The molecule has 0 spiro atoms. The van der Waals surface area contributed by atoms with Gasteiger partial charge in [0.2, 0.25) is 5.91 Å². The molecule has 1 fully saturated rings. The summed E-state index contributed by atoms with van der Waals surface area (Å²) in [6.45, 7) is 8.97. The summed E-state index contributed by atoms with van der Waals surface area (Å²) in [6, 6.07) is 5.00. The van der Waals surface area contributed by atoms with Crippen LogP contribution in [0, 0.1) is 0 Å². The van der Waals surface area contributed by atoms with Gasteiger partial charge in [-0.2, -0.15) is 0 Å². The van der Waals surface area contributed by atoms with Crippen LogP contribution >= 0.6 is 23.4 Å². The number of fused-ring (bicyclic) bond motifs is 1. The number of carbonyl (C=O) groups excluding carboxylic acids is 1. The number of benzene rings is 1. The summed E-state index contributed by atoms with van der Waals surface area (Å²) in [5.74, 6) is 0.253. The Kier molecular flexibility index (Phi) is 6.13. The van der Waals surface area contributed by atoms with Gasteiger partial charge in [0.25, 0.3) is 5.56 Å². The average molecular weight is 410 g/mol. The lowest BCUT2D eigenvalue weighted by atomic mass is 10.2.